The number of nitrogens with zero attached hydrogens (tertiary/aromatic N) is 3. The third-order valence-electron chi connectivity index (χ3n) is 1.98. The maximum Gasteiger partial charge on any atom is 0.181 e. The van der Waals surface area contributed by atoms with E-state index in [1.54, 1.807) is 31.4 Å². The third-order valence-corrected chi connectivity index (χ3v) is 1.98. The van der Waals surface area contributed by atoms with Crippen molar-refractivity contribution in [2.75, 3.05) is 13.6 Å². The van der Waals surface area contributed by atoms with Crippen LogP contribution in [-0.2, 0) is 0 Å². The normalized spacial score (nSPS) is 9.67. The molecule has 0 bridgehead atoms. The quantitative estimate of drug-likeness (QED) is 0.404. The number of hydrogen-bond donors (Lipinski definition) is 0. The molecule has 0 aliphatic rings. The molecule has 1 aromatic heterocycles. The predicted octanol–water partition coefficient (Wildman–Crippen LogP) is 1.66. The van der Waals surface area contributed by atoms with Gasteiger partial charge in [-0.3, -0.25) is 14.8 Å². The molecule has 1 aromatic rings. The van der Waals surface area contributed by atoms with Gasteiger partial charge in [0, 0.05) is 26.2 Å². The minimum absolute atomic E-state index is 0.00472. The van der Waals surface area contributed by atoms with E-state index >= 15 is 0 Å². The maximum absolute atomic E-state index is 11.5. The van der Waals surface area contributed by atoms with Crippen LogP contribution >= 0.6 is 0 Å². The molecule has 0 saturated heterocycles. The number of carbonyl (C=O) groups is 1. The van der Waals surface area contributed by atoms with Crippen molar-refractivity contribution in [1.82, 2.24) is 9.99 Å². The summed E-state index contributed by atoms with van der Waals surface area (Å²) in [4.78, 5) is 25.5. The van der Waals surface area contributed by atoms with E-state index in [4.69, 9.17) is 0 Å². The lowest BCUT2D eigenvalue weighted by atomic mass is 10.1. The molecule has 0 unspecified atom stereocenters. The molecule has 5 nitrogen and oxygen atoms in total. The monoisotopic (exact) mass is 207 g/mol. The van der Waals surface area contributed by atoms with E-state index < -0.39 is 0 Å². The number of carbonyl (C=O) groups excluding carboxylic acids is 1. The van der Waals surface area contributed by atoms with Crippen molar-refractivity contribution < 1.29 is 4.79 Å². The number of nitroso groups, excluding NO2 is 1. The Balaban J connectivity index is 2.34. The fourth-order valence-corrected chi connectivity index (χ4v) is 1.17. The zero-order valence-corrected chi connectivity index (χ0v) is 8.59. The molecular formula is C10H13N3O2. The van der Waals surface area contributed by atoms with Crippen LogP contribution in [0.4, 0.5) is 0 Å². The molecule has 1 rings (SSSR count). The lowest BCUT2D eigenvalue weighted by Crippen LogP contribution is -2.13. The molecule has 80 valence electrons. The second-order valence-electron chi connectivity index (χ2n) is 3.20. The molecule has 5 heteroatoms. The Morgan fingerprint density at radius 3 is 2.93 bits per heavy atom. The highest BCUT2D eigenvalue weighted by atomic mass is 16.3. The second-order valence-corrected chi connectivity index (χ2v) is 3.20. The van der Waals surface area contributed by atoms with Crippen LogP contribution < -0.4 is 0 Å². The number of aromatic nitrogens is 1. The van der Waals surface area contributed by atoms with Crippen molar-refractivity contribution in [2.24, 2.45) is 5.29 Å². The number of Topliss-reactive ketones (excluding diaryl/α,β-unsaturated/α-hetero) is 1. The molecule has 0 aromatic carbocycles. The zero-order chi connectivity index (χ0) is 11.1. The SMILES string of the molecule is CN(CCCC(=O)c1ccccn1)N=O. The Bertz CT molecular complexity index is 327. The van der Waals surface area contributed by atoms with E-state index in [1.165, 1.54) is 5.01 Å². The molecule has 0 saturated carbocycles. The summed E-state index contributed by atoms with van der Waals surface area (Å²) in [5.74, 6) is -0.00472. The van der Waals surface area contributed by atoms with Gasteiger partial charge in [0.1, 0.15) is 5.69 Å². The van der Waals surface area contributed by atoms with E-state index in [9.17, 15) is 9.70 Å². The lowest BCUT2D eigenvalue weighted by molar-refractivity contribution is 0.0971. The first-order chi connectivity index (χ1) is 7.24. The molecule has 0 amide bonds. The van der Waals surface area contributed by atoms with Crippen LogP contribution in [0.5, 0.6) is 0 Å². The summed E-state index contributed by atoms with van der Waals surface area (Å²) in [5, 5.41) is 3.98. The molecule has 1 heterocycles. The topological polar surface area (TPSA) is 62.6 Å². The first-order valence-electron chi connectivity index (χ1n) is 4.72. The molecule has 0 aliphatic carbocycles. The first kappa shape index (κ1) is 11.3. The van der Waals surface area contributed by atoms with Crippen LogP contribution in [0.1, 0.15) is 23.3 Å². The molecular weight excluding hydrogens is 194 g/mol. The van der Waals surface area contributed by atoms with E-state index in [2.05, 4.69) is 10.3 Å². The smallest absolute Gasteiger partial charge is 0.181 e. The van der Waals surface area contributed by atoms with Gasteiger partial charge in [-0.2, -0.15) is 0 Å². The maximum atomic E-state index is 11.5. The number of pyridine rings is 1. The van der Waals surface area contributed by atoms with Gasteiger partial charge in [-0.15, -0.1) is 4.91 Å². The lowest BCUT2D eigenvalue weighted by Gasteiger charge is -2.06. The van der Waals surface area contributed by atoms with Gasteiger partial charge in [0.15, 0.2) is 5.78 Å². The van der Waals surface area contributed by atoms with Crippen LogP contribution in [-0.4, -0.2) is 29.4 Å². The summed E-state index contributed by atoms with van der Waals surface area (Å²) in [6.45, 7) is 0.488. The average molecular weight is 207 g/mol. The van der Waals surface area contributed by atoms with Gasteiger partial charge in [-0.05, 0) is 18.6 Å². The van der Waals surface area contributed by atoms with Gasteiger partial charge in [-0.25, -0.2) is 0 Å². The van der Waals surface area contributed by atoms with Gasteiger partial charge >= 0.3 is 0 Å². The minimum Gasteiger partial charge on any atom is -0.292 e. The predicted molar refractivity (Wildman–Crippen MR) is 56.2 cm³/mol. The van der Waals surface area contributed by atoms with Crippen molar-refractivity contribution in [3.05, 3.63) is 35.0 Å². The van der Waals surface area contributed by atoms with Crippen molar-refractivity contribution in [3.63, 3.8) is 0 Å². The van der Waals surface area contributed by atoms with Gasteiger partial charge in [0.05, 0.1) is 5.29 Å². The Hall–Kier alpha value is -1.78. The molecule has 0 atom stereocenters. The van der Waals surface area contributed by atoms with Gasteiger partial charge in [0.2, 0.25) is 0 Å². The Morgan fingerprint density at radius 2 is 2.33 bits per heavy atom. The van der Waals surface area contributed by atoms with Crippen LogP contribution in [0.15, 0.2) is 29.7 Å². The summed E-state index contributed by atoms with van der Waals surface area (Å²) in [6.07, 6.45) is 2.58. The van der Waals surface area contributed by atoms with Crippen molar-refractivity contribution in [1.29, 1.82) is 0 Å². The fraction of sp³-hybridized carbons (Fsp3) is 0.400. The van der Waals surface area contributed by atoms with Crippen LogP contribution in [0.3, 0.4) is 0 Å². The van der Waals surface area contributed by atoms with E-state index in [0.29, 0.717) is 25.1 Å². The largest absolute Gasteiger partial charge is 0.292 e. The third kappa shape index (κ3) is 3.84. The zero-order valence-electron chi connectivity index (χ0n) is 8.59. The van der Waals surface area contributed by atoms with Gasteiger partial charge in [0.25, 0.3) is 0 Å². The highest BCUT2D eigenvalue weighted by Gasteiger charge is 2.06. The Kier molecular flexibility index (Phi) is 4.40. The highest BCUT2D eigenvalue weighted by Crippen LogP contribution is 2.02. The molecule has 0 aliphatic heterocycles. The molecule has 0 fully saturated rings. The Morgan fingerprint density at radius 1 is 1.53 bits per heavy atom. The number of hydrogen-bond acceptors (Lipinski definition) is 4. The van der Waals surface area contributed by atoms with Crippen LogP contribution in [0, 0.1) is 4.91 Å². The van der Waals surface area contributed by atoms with Crippen molar-refractivity contribution in [3.8, 4) is 0 Å². The van der Waals surface area contributed by atoms with E-state index in [-0.39, 0.29) is 5.78 Å². The number of ketones is 1. The van der Waals surface area contributed by atoms with Crippen molar-refractivity contribution in [2.45, 2.75) is 12.8 Å². The molecule has 0 spiro atoms. The fourth-order valence-electron chi connectivity index (χ4n) is 1.17. The summed E-state index contributed by atoms with van der Waals surface area (Å²) < 4.78 is 0. The summed E-state index contributed by atoms with van der Waals surface area (Å²) in [5.41, 5.74) is 0.471. The Labute approximate surface area is 88.1 Å². The van der Waals surface area contributed by atoms with Gasteiger partial charge < -0.3 is 0 Å². The highest BCUT2D eigenvalue weighted by molar-refractivity contribution is 5.94. The summed E-state index contributed by atoms with van der Waals surface area (Å²) in [7, 11) is 1.58. The second kappa shape index (κ2) is 5.85. The minimum atomic E-state index is -0.00472. The van der Waals surface area contributed by atoms with Gasteiger partial charge in [-0.1, -0.05) is 6.07 Å². The average Bonchev–Trinajstić information content (AvgIpc) is 2.29. The molecule has 15 heavy (non-hydrogen) atoms. The standard InChI is InChI=1S/C10H13N3O2/c1-13(12-15)8-4-6-10(14)9-5-2-3-7-11-9/h2-3,5,7H,4,6,8H2,1H3. The van der Waals surface area contributed by atoms with Crippen LogP contribution in [0.25, 0.3) is 0 Å². The first-order valence-corrected chi connectivity index (χ1v) is 4.72. The molecule has 0 radical (unpaired) electrons. The van der Waals surface area contributed by atoms with E-state index in [1.807, 2.05) is 0 Å². The van der Waals surface area contributed by atoms with Crippen molar-refractivity contribution >= 4 is 5.78 Å². The van der Waals surface area contributed by atoms with E-state index in [0.717, 1.165) is 0 Å². The molecule has 0 N–H and O–H groups in total. The summed E-state index contributed by atoms with van der Waals surface area (Å²) in [6, 6.07) is 5.23. The van der Waals surface area contributed by atoms with Crippen LogP contribution in [0.2, 0.25) is 0 Å². The number of rotatable bonds is 6. The summed E-state index contributed by atoms with van der Waals surface area (Å²) >= 11 is 0.